The summed E-state index contributed by atoms with van der Waals surface area (Å²) < 4.78 is 6.48. The lowest BCUT2D eigenvalue weighted by atomic mass is 10.3. The molecule has 1 heterocycles. The Balaban J connectivity index is 2.57. The van der Waals surface area contributed by atoms with E-state index in [1.807, 2.05) is 20.8 Å². The van der Waals surface area contributed by atoms with E-state index in [1.54, 1.807) is 0 Å². The minimum Gasteiger partial charge on any atom is -0.382 e. The molecule has 1 amide bonds. The molecule has 0 spiro atoms. The van der Waals surface area contributed by atoms with Crippen molar-refractivity contribution in [3.8, 4) is 0 Å². The van der Waals surface area contributed by atoms with Crippen molar-refractivity contribution < 1.29 is 9.53 Å². The van der Waals surface area contributed by atoms with Gasteiger partial charge in [-0.3, -0.25) is 9.59 Å². The number of carbonyl (C=O) groups is 1. The molecule has 0 atom stereocenters. The van der Waals surface area contributed by atoms with Crippen LogP contribution in [0.25, 0.3) is 0 Å². The average Bonchev–Trinajstić information content (AvgIpc) is 2.38. The number of nitrogens with one attached hydrogen (secondary N) is 1. The van der Waals surface area contributed by atoms with Crippen molar-refractivity contribution in [2.24, 2.45) is 0 Å². The molecule has 1 rings (SSSR count). The highest BCUT2D eigenvalue weighted by molar-refractivity contribution is 5.91. The lowest BCUT2D eigenvalue weighted by Gasteiger charge is -2.10. The number of carbonyl (C=O) groups excluding carboxylic acids is 1. The number of hydrogen-bond donors (Lipinski definition) is 1. The summed E-state index contributed by atoms with van der Waals surface area (Å²) >= 11 is 0. The van der Waals surface area contributed by atoms with Gasteiger partial charge in [-0.1, -0.05) is 0 Å². The first-order chi connectivity index (χ1) is 9.06. The Labute approximate surface area is 112 Å². The quantitative estimate of drug-likeness (QED) is 0.747. The molecule has 0 aliphatic rings. The average molecular weight is 267 g/mol. The highest BCUT2D eigenvalue weighted by atomic mass is 16.5. The molecule has 6 heteroatoms. The van der Waals surface area contributed by atoms with Gasteiger partial charge in [-0.25, -0.2) is 4.68 Å². The van der Waals surface area contributed by atoms with Gasteiger partial charge < -0.3 is 10.1 Å². The van der Waals surface area contributed by atoms with E-state index in [1.165, 1.54) is 16.8 Å². The third-order valence-electron chi connectivity index (χ3n) is 2.50. The second-order valence-electron chi connectivity index (χ2n) is 4.40. The Morgan fingerprint density at radius 2 is 2.21 bits per heavy atom. The molecule has 1 aromatic heterocycles. The lowest BCUT2D eigenvalue weighted by molar-refractivity contribution is 0.0936. The highest BCUT2D eigenvalue weighted by Gasteiger charge is 2.10. The SMILES string of the molecule is CCOCCCNC(=O)c1ccc(=O)n(C(C)C)n1. The Morgan fingerprint density at radius 1 is 1.47 bits per heavy atom. The Kier molecular flexibility index (Phi) is 6.21. The molecule has 0 saturated heterocycles. The predicted molar refractivity (Wildman–Crippen MR) is 72.3 cm³/mol. The first-order valence-corrected chi connectivity index (χ1v) is 6.52. The summed E-state index contributed by atoms with van der Waals surface area (Å²) in [7, 11) is 0. The van der Waals surface area contributed by atoms with Gasteiger partial charge in [0.1, 0.15) is 5.69 Å². The van der Waals surface area contributed by atoms with E-state index in [4.69, 9.17) is 4.74 Å². The number of rotatable bonds is 7. The molecule has 0 bridgehead atoms. The third-order valence-corrected chi connectivity index (χ3v) is 2.50. The molecule has 19 heavy (non-hydrogen) atoms. The molecule has 0 radical (unpaired) electrons. The summed E-state index contributed by atoms with van der Waals surface area (Å²) in [5.41, 5.74) is 0.0487. The Hall–Kier alpha value is -1.69. The van der Waals surface area contributed by atoms with Crippen molar-refractivity contribution in [3.05, 3.63) is 28.2 Å². The summed E-state index contributed by atoms with van der Waals surface area (Å²) in [6, 6.07) is 2.74. The fourth-order valence-electron chi connectivity index (χ4n) is 1.53. The van der Waals surface area contributed by atoms with E-state index in [-0.39, 0.29) is 23.2 Å². The van der Waals surface area contributed by atoms with Gasteiger partial charge in [0.05, 0.1) is 6.04 Å². The van der Waals surface area contributed by atoms with Crippen LogP contribution in [0.2, 0.25) is 0 Å². The normalized spacial score (nSPS) is 10.7. The van der Waals surface area contributed by atoms with E-state index in [0.717, 1.165) is 6.42 Å². The van der Waals surface area contributed by atoms with Crippen LogP contribution in [-0.4, -0.2) is 35.4 Å². The van der Waals surface area contributed by atoms with Gasteiger partial charge in [0.25, 0.3) is 11.5 Å². The predicted octanol–water partition coefficient (Wildman–Crippen LogP) is 0.981. The fourth-order valence-corrected chi connectivity index (χ4v) is 1.53. The van der Waals surface area contributed by atoms with Crippen molar-refractivity contribution in [3.63, 3.8) is 0 Å². The van der Waals surface area contributed by atoms with Crippen molar-refractivity contribution in [1.82, 2.24) is 15.1 Å². The summed E-state index contributed by atoms with van der Waals surface area (Å²) in [5, 5.41) is 6.79. The summed E-state index contributed by atoms with van der Waals surface area (Å²) in [6.07, 6.45) is 0.753. The number of hydrogen-bond acceptors (Lipinski definition) is 4. The van der Waals surface area contributed by atoms with Crippen LogP contribution in [0.4, 0.5) is 0 Å². The van der Waals surface area contributed by atoms with Crippen LogP contribution in [0.15, 0.2) is 16.9 Å². The van der Waals surface area contributed by atoms with Crippen LogP contribution in [0.5, 0.6) is 0 Å². The van der Waals surface area contributed by atoms with Crippen LogP contribution >= 0.6 is 0 Å². The van der Waals surface area contributed by atoms with Crippen molar-refractivity contribution in [1.29, 1.82) is 0 Å². The van der Waals surface area contributed by atoms with Crippen molar-refractivity contribution >= 4 is 5.91 Å². The third kappa shape index (κ3) is 4.82. The molecular formula is C13H21N3O3. The zero-order valence-electron chi connectivity index (χ0n) is 11.7. The molecule has 0 aliphatic carbocycles. The standard InChI is InChI=1S/C13H21N3O3/c1-4-19-9-5-8-14-13(18)11-6-7-12(17)16(15-11)10(2)3/h6-7,10H,4-5,8-9H2,1-3H3,(H,14,18). The molecule has 0 saturated carbocycles. The van der Waals surface area contributed by atoms with Gasteiger partial charge in [-0.2, -0.15) is 5.10 Å². The van der Waals surface area contributed by atoms with E-state index < -0.39 is 0 Å². The van der Waals surface area contributed by atoms with Crippen molar-refractivity contribution in [2.75, 3.05) is 19.8 Å². The van der Waals surface area contributed by atoms with Gasteiger partial charge >= 0.3 is 0 Å². The lowest BCUT2D eigenvalue weighted by Crippen LogP contribution is -2.31. The first kappa shape index (κ1) is 15.4. The largest absolute Gasteiger partial charge is 0.382 e. The van der Waals surface area contributed by atoms with E-state index in [2.05, 4.69) is 10.4 Å². The summed E-state index contributed by atoms with van der Waals surface area (Å²) in [6.45, 7) is 7.44. The van der Waals surface area contributed by atoms with Gasteiger partial charge in [0.2, 0.25) is 0 Å². The fraction of sp³-hybridized carbons (Fsp3) is 0.615. The summed E-state index contributed by atoms with van der Waals surface area (Å²) in [4.78, 5) is 23.4. The Morgan fingerprint density at radius 3 is 2.84 bits per heavy atom. The van der Waals surface area contributed by atoms with Gasteiger partial charge in [0, 0.05) is 25.8 Å². The molecule has 0 fully saturated rings. The van der Waals surface area contributed by atoms with Crippen LogP contribution in [0.1, 0.15) is 43.7 Å². The second kappa shape index (κ2) is 7.68. The van der Waals surface area contributed by atoms with E-state index in [9.17, 15) is 9.59 Å². The van der Waals surface area contributed by atoms with Crippen LogP contribution in [0, 0.1) is 0 Å². The van der Waals surface area contributed by atoms with E-state index >= 15 is 0 Å². The molecule has 0 unspecified atom stereocenters. The molecule has 0 aromatic carbocycles. The van der Waals surface area contributed by atoms with E-state index in [0.29, 0.717) is 19.8 Å². The van der Waals surface area contributed by atoms with Gasteiger partial charge in [-0.15, -0.1) is 0 Å². The second-order valence-corrected chi connectivity index (χ2v) is 4.40. The van der Waals surface area contributed by atoms with Crippen LogP contribution < -0.4 is 10.9 Å². The maximum absolute atomic E-state index is 11.8. The minimum absolute atomic E-state index is 0.0711. The maximum Gasteiger partial charge on any atom is 0.271 e. The topological polar surface area (TPSA) is 73.2 Å². The maximum atomic E-state index is 11.8. The number of ether oxygens (including phenoxy) is 1. The smallest absolute Gasteiger partial charge is 0.271 e. The first-order valence-electron chi connectivity index (χ1n) is 6.52. The number of amides is 1. The number of aromatic nitrogens is 2. The zero-order valence-corrected chi connectivity index (χ0v) is 11.7. The monoisotopic (exact) mass is 267 g/mol. The van der Waals surface area contributed by atoms with Crippen LogP contribution in [0.3, 0.4) is 0 Å². The molecule has 0 aliphatic heterocycles. The zero-order chi connectivity index (χ0) is 14.3. The van der Waals surface area contributed by atoms with Crippen molar-refractivity contribution in [2.45, 2.75) is 33.2 Å². The molecule has 1 aromatic rings. The number of nitrogens with zero attached hydrogens (tertiary/aromatic N) is 2. The Bertz CT molecular complexity index is 468. The molecular weight excluding hydrogens is 246 g/mol. The summed E-state index contributed by atoms with van der Waals surface area (Å²) in [5.74, 6) is -0.272. The molecule has 1 N–H and O–H groups in total. The molecule has 6 nitrogen and oxygen atoms in total. The van der Waals surface area contributed by atoms with Gasteiger partial charge in [-0.05, 0) is 33.3 Å². The van der Waals surface area contributed by atoms with Crippen LogP contribution in [-0.2, 0) is 4.74 Å². The van der Waals surface area contributed by atoms with Gasteiger partial charge in [0.15, 0.2) is 0 Å². The minimum atomic E-state index is -0.272. The molecule has 106 valence electrons. The highest BCUT2D eigenvalue weighted by Crippen LogP contribution is 1.98.